The maximum Gasteiger partial charge on any atom is 0.269 e. The van der Waals surface area contributed by atoms with Crippen molar-refractivity contribution < 1.29 is 21.5 Å². The number of benzene rings is 2. The molecule has 3 rings (SSSR count). The molecule has 0 radical (unpaired) electrons. The van der Waals surface area contributed by atoms with Gasteiger partial charge in [0, 0.05) is 5.10 Å². The van der Waals surface area contributed by atoms with Gasteiger partial charge in [-0.3, -0.25) is 0 Å². The van der Waals surface area contributed by atoms with Crippen LogP contribution in [0.2, 0.25) is 5.02 Å². The summed E-state index contributed by atoms with van der Waals surface area (Å²) >= 11 is 6.36. The van der Waals surface area contributed by atoms with Gasteiger partial charge in [0.05, 0.1) is 17.6 Å². The zero-order chi connectivity index (χ0) is 15.7. The lowest BCUT2D eigenvalue weighted by molar-refractivity contribution is -0.661. The van der Waals surface area contributed by atoms with E-state index in [1.54, 1.807) is 0 Å². The van der Waals surface area contributed by atoms with Gasteiger partial charge in [0.2, 0.25) is 0 Å². The topological polar surface area (TPSA) is 21.7 Å². The van der Waals surface area contributed by atoms with Crippen molar-refractivity contribution in [3.8, 4) is 11.4 Å². The van der Waals surface area contributed by atoms with Crippen molar-refractivity contribution in [1.82, 2.24) is 9.78 Å². The van der Waals surface area contributed by atoms with Crippen LogP contribution in [0.3, 0.4) is 0 Å². The highest BCUT2D eigenvalue weighted by Crippen LogP contribution is 2.25. The molecule has 0 atom stereocenters. The van der Waals surface area contributed by atoms with E-state index in [9.17, 15) is 0 Å². The molecule has 1 aromatic heterocycles. The quantitative estimate of drug-likeness (QED) is 0.601. The average Bonchev–Trinajstić information content (AvgIpc) is 2.83. The first kappa shape index (κ1) is 17.7. The number of hydrogen-bond donors (Lipinski definition) is 0. The summed E-state index contributed by atoms with van der Waals surface area (Å²) in [7, 11) is 1.99. The maximum atomic E-state index is 6.36. The monoisotopic (exact) mass is 391 g/mol. The van der Waals surface area contributed by atoms with Gasteiger partial charge in [-0.25, -0.2) is 4.57 Å². The predicted molar refractivity (Wildman–Crippen MR) is 88.9 cm³/mol. The number of rotatable bonds is 3. The van der Waals surface area contributed by atoms with E-state index in [0.29, 0.717) is 0 Å². The van der Waals surface area contributed by atoms with Gasteiger partial charge in [0.15, 0.2) is 0 Å². The minimum atomic E-state index is 0. The Kier molecular flexibility index (Phi) is 5.60. The molecule has 0 amide bonds. The molecular formula is C18H19BrClN3. The molecule has 0 aliphatic carbocycles. The lowest BCUT2D eigenvalue weighted by Gasteiger charge is -2.07. The first-order chi connectivity index (χ1) is 10.6. The lowest BCUT2D eigenvalue weighted by Crippen LogP contribution is -3.00. The van der Waals surface area contributed by atoms with Crippen LogP contribution in [-0.2, 0) is 13.6 Å². The van der Waals surface area contributed by atoms with Gasteiger partial charge in [-0.15, -0.1) is 4.68 Å². The van der Waals surface area contributed by atoms with Crippen molar-refractivity contribution in [3.05, 3.63) is 70.5 Å². The molecule has 0 spiro atoms. The molecule has 0 bridgehead atoms. The Morgan fingerprint density at radius 3 is 2.57 bits per heavy atom. The maximum absolute atomic E-state index is 6.36. The summed E-state index contributed by atoms with van der Waals surface area (Å²) in [5.74, 6) is 1.01. The van der Waals surface area contributed by atoms with Crippen LogP contribution in [0.1, 0.15) is 16.7 Å². The van der Waals surface area contributed by atoms with Crippen LogP contribution in [0.25, 0.3) is 11.4 Å². The molecule has 0 saturated heterocycles. The smallest absolute Gasteiger partial charge is 0.269 e. The molecule has 0 aliphatic heterocycles. The zero-order valence-corrected chi connectivity index (χ0v) is 15.8. The third-order valence-corrected chi connectivity index (χ3v) is 4.21. The first-order valence-electron chi connectivity index (χ1n) is 7.28. The molecule has 1 heterocycles. The fraction of sp³-hybridized carbons (Fsp3) is 0.222. The van der Waals surface area contributed by atoms with Crippen LogP contribution in [0, 0.1) is 13.8 Å². The van der Waals surface area contributed by atoms with E-state index in [1.807, 2.05) is 46.9 Å². The standard InChI is InChI=1S/C18H19ClN3.BrH/c1-13-8-9-15(14(2)10-13)11-22-18(21(3)12-20-22)16-6-4-5-7-17(16)19;/h4-10,12H,11H2,1-3H3;1H/q+1;/p-1. The van der Waals surface area contributed by atoms with Crippen LogP contribution >= 0.6 is 11.6 Å². The Morgan fingerprint density at radius 1 is 1.13 bits per heavy atom. The highest BCUT2D eigenvalue weighted by Gasteiger charge is 2.21. The van der Waals surface area contributed by atoms with E-state index in [0.717, 1.165) is 23.0 Å². The molecule has 0 fully saturated rings. The van der Waals surface area contributed by atoms with Crippen molar-refractivity contribution >= 4 is 11.6 Å². The second-order valence-corrected chi connectivity index (χ2v) is 6.04. The van der Waals surface area contributed by atoms with Gasteiger partial charge >= 0.3 is 0 Å². The Labute approximate surface area is 152 Å². The second kappa shape index (κ2) is 7.28. The van der Waals surface area contributed by atoms with Gasteiger partial charge in [0.25, 0.3) is 12.2 Å². The summed E-state index contributed by atoms with van der Waals surface area (Å²) < 4.78 is 4.00. The van der Waals surface area contributed by atoms with Crippen LogP contribution in [0.5, 0.6) is 0 Å². The van der Waals surface area contributed by atoms with Crippen molar-refractivity contribution in [3.63, 3.8) is 0 Å². The lowest BCUT2D eigenvalue weighted by atomic mass is 10.1. The van der Waals surface area contributed by atoms with Crippen LogP contribution in [0.15, 0.2) is 48.8 Å². The summed E-state index contributed by atoms with van der Waals surface area (Å²) in [6, 6.07) is 14.4. The Balaban J connectivity index is 0.00000192. The molecule has 0 unspecified atom stereocenters. The summed E-state index contributed by atoms with van der Waals surface area (Å²) in [5, 5.41) is 5.25. The molecule has 120 valence electrons. The molecule has 0 aliphatic rings. The Hall–Kier alpha value is -1.65. The molecule has 3 nitrogen and oxygen atoms in total. The molecule has 0 saturated carbocycles. The van der Waals surface area contributed by atoms with Crippen LogP contribution < -0.4 is 21.5 Å². The Morgan fingerprint density at radius 2 is 1.87 bits per heavy atom. The van der Waals surface area contributed by atoms with Crippen molar-refractivity contribution in [2.45, 2.75) is 20.4 Å². The zero-order valence-electron chi connectivity index (χ0n) is 13.4. The fourth-order valence-electron chi connectivity index (χ4n) is 2.70. The number of nitrogens with zero attached hydrogens (tertiary/aromatic N) is 3. The SMILES string of the molecule is Cc1ccc(Cn2nc[n+](C)c2-c2ccccc2Cl)c(C)c1.[Br-]. The van der Waals surface area contributed by atoms with E-state index in [4.69, 9.17) is 11.6 Å². The van der Waals surface area contributed by atoms with Gasteiger partial charge in [-0.2, -0.15) is 0 Å². The van der Waals surface area contributed by atoms with Crippen LogP contribution in [-0.4, -0.2) is 9.78 Å². The normalized spacial score (nSPS) is 10.4. The van der Waals surface area contributed by atoms with Crippen molar-refractivity contribution in [2.75, 3.05) is 0 Å². The first-order valence-corrected chi connectivity index (χ1v) is 7.66. The largest absolute Gasteiger partial charge is 1.00 e. The highest BCUT2D eigenvalue weighted by molar-refractivity contribution is 6.33. The van der Waals surface area contributed by atoms with Gasteiger partial charge in [0.1, 0.15) is 6.54 Å². The summed E-state index contributed by atoms with van der Waals surface area (Å²) in [6.07, 6.45) is 1.82. The molecule has 2 aromatic carbocycles. The second-order valence-electron chi connectivity index (χ2n) is 5.63. The minimum absolute atomic E-state index is 0. The van der Waals surface area contributed by atoms with Crippen molar-refractivity contribution in [2.24, 2.45) is 7.05 Å². The predicted octanol–water partition coefficient (Wildman–Crippen LogP) is 0.697. The number of aromatic nitrogens is 3. The fourth-order valence-corrected chi connectivity index (χ4v) is 2.92. The van der Waals surface area contributed by atoms with E-state index in [1.165, 1.54) is 16.7 Å². The third kappa shape index (κ3) is 3.65. The third-order valence-electron chi connectivity index (χ3n) is 3.88. The van der Waals surface area contributed by atoms with E-state index in [2.05, 4.69) is 37.1 Å². The molecule has 23 heavy (non-hydrogen) atoms. The van der Waals surface area contributed by atoms with Crippen LogP contribution in [0.4, 0.5) is 0 Å². The molecular weight excluding hydrogens is 374 g/mol. The molecule has 3 aromatic rings. The summed E-state index contributed by atoms with van der Waals surface area (Å²) in [6.45, 7) is 4.98. The number of halogens is 2. The van der Waals surface area contributed by atoms with Gasteiger partial charge in [-0.1, -0.05) is 47.5 Å². The summed E-state index contributed by atoms with van der Waals surface area (Å²) in [4.78, 5) is 0. The highest BCUT2D eigenvalue weighted by atomic mass is 79.9. The molecule has 5 heteroatoms. The number of hydrogen-bond acceptors (Lipinski definition) is 1. The minimum Gasteiger partial charge on any atom is -1.00 e. The van der Waals surface area contributed by atoms with Gasteiger partial charge < -0.3 is 17.0 Å². The van der Waals surface area contributed by atoms with Crippen molar-refractivity contribution in [1.29, 1.82) is 0 Å². The average molecular weight is 393 g/mol. The number of aryl methyl sites for hydroxylation is 3. The van der Waals surface area contributed by atoms with Gasteiger partial charge in [-0.05, 0) is 37.1 Å². The Bertz CT molecular complexity index is 827. The van der Waals surface area contributed by atoms with E-state index >= 15 is 0 Å². The van der Waals surface area contributed by atoms with E-state index < -0.39 is 0 Å². The molecule has 0 N–H and O–H groups in total. The van der Waals surface area contributed by atoms with E-state index in [-0.39, 0.29) is 17.0 Å². The summed E-state index contributed by atoms with van der Waals surface area (Å²) in [5.41, 5.74) is 4.82.